The Hall–Kier alpha value is -4.42. The fourth-order valence-corrected chi connectivity index (χ4v) is 6.52. The second-order valence-corrected chi connectivity index (χ2v) is 12.0. The van der Waals surface area contributed by atoms with Crippen molar-refractivity contribution in [1.82, 2.24) is 14.8 Å². The van der Waals surface area contributed by atoms with Crippen LogP contribution in [0, 0.1) is 0 Å². The first-order valence-corrected chi connectivity index (χ1v) is 15.7. The normalized spacial score (nSPS) is 14.6. The fraction of sp³-hybridized carbons (Fsp3) is 0.324. The van der Waals surface area contributed by atoms with Crippen LogP contribution in [0.2, 0.25) is 0 Å². The van der Waals surface area contributed by atoms with Gasteiger partial charge in [0.25, 0.3) is 0 Å². The van der Waals surface area contributed by atoms with Gasteiger partial charge < -0.3 is 28.7 Å². The summed E-state index contributed by atoms with van der Waals surface area (Å²) < 4.78 is 61.9. The minimum absolute atomic E-state index is 0.220. The molecule has 1 saturated heterocycles. The second kappa shape index (κ2) is 13.5. The van der Waals surface area contributed by atoms with Crippen LogP contribution in [0.4, 0.5) is 18.9 Å². The van der Waals surface area contributed by atoms with Crippen molar-refractivity contribution in [3.8, 4) is 23.0 Å². The van der Waals surface area contributed by atoms with Crippen LogP contribution in [-0.2, 0) is 25.8 Å². The second-order valence-electron chi connectivity index (χ2n) is 11.1. The highest BCUT2D eigenvalue weighted by molar-refractivity contribution is 7.09. The van der Waals surface area contributed by atoms with E-state index in [1.54, 1.807) is 31.6 Å². The molecule has 3 aromatic carbocycles. The van der Waals surface area contributed by atoms with E-state index in [1.807, 2.05) is 46.7 Å². The topological polar surface area (TPSA) is 59.5 Å². The highest BCUT2D eigenvalue weighted by Crippen LogP contribution is 2.35. The van der Waals surface area contributed by atoms with Crippen LogP contribution in [-0.4, -0.2) is 62.0 Å². The van der Waals surface area contributed by atoms with Gasteiger partial charge in [-0.2, -0.15) is 13.2 Å². The quantitative estimate of drug-likeness (QED) is 0.174. The van der Waals surface area contributed by atoms with Crippen LogP contribution < -0.4 is 23.8 Å². The van der Waals surface area contributed by atoms with Crippen molar-refractivity contribution in [3.63, 3.8) is 0 Å². The number of hydrogen-bond acceptors (Lipinski definition) is 9. The molecule has 0 amide bonds. The molecular formula is C34H35F3N4O4S. The Morgan fingerprint density at radius 3 is 2.50 bits per heavy atom. The molecule has 3 heterocycles. The molecule has 0 spiro atoms. The summed E-state index contributed by atoms with van der Waals surface area (Å²) in [7, 11) is 3.28. The summed E-state index contributed by atoms with van der Waals surface area (Å²) in [5, 5.41) is 2.95. The predicted molar refractivity (Wildman–Crippen MR) is 171 cm³/mol. The first-order chi connectivity index (χ1) is 22.2. The minimum Gasteiger partial charge on any atom is -0.497 e. The first kappa shape index (κ1) is 31.6. The van der Waals surface area contributed by atoms with E-state index in [4.69, 9.17) is 23.9 Å². The van der Waals surface area contributed by atoms with E-state index in [0.717, 1.165) is 56.6 Å². The van der Waals surface area contributed by atoms with E-state index in [1.165, 1.54) is 12.1 Å². The SMILES string of the molecule is C=C(c1csc(CN(Cc2ccc3c(c2)OCO3)Cc2ccc(OC)cc2OC)n1)N1CCN(c2cccc(C(F)(F)F)c2)CC1. The number of thiazole rings is 1. The number of hydrogen-bond donors (Lipinski definition) is 0. The fourth-order valence-electron chi connectivity index (χ4n) is 5.67. The van der Waals surface area contributed by atoms with Crippen molar-refractivity contribution in [2.45, 2.75) is 25.8 Å². The third-order valence-electron chi connectivity index (χ3n) is 8.14. The maximum Gasteiger partial charge on any atom is 0.416 e. The lowest BCUT2D eigenvalue weighted by molar-refractivity contribution is -0.137. The summed E-state index contributed by atoms with van der Waals surface area (Å²) in [6.45, 7) is 8.82. The van der Waals surface area contributed by atoms with E-state index >= 15 is 0 Å². The molecule has 242 valence electrons. The zero-order valence-corrected chi connectivity index (χ0v) is 26.5. The van der Waals surface area contributed by atoms with Gasteiger partial charge in [-0.3, -0.25) is 4.90 Å². The summed E-state index contributed by atoms with van der Waals surface area (Å²) in [5.41, 5.74) is 3.65. The summed E-state index contributed by atoms with van der Waals surface area (Å²) in [6.07, 6.45) is -4.37. The molecule has 1 aromatic heterocycles. The molecule has 2 aliphatic heterocycles. The minimum atomic E-state index is -4.37. The number of aromatic nitrogens is 1. The molecule has 12 heteroatoms. The average molecular weight is 653 g/mol. The van der Waals surface area contributed by atoms with Crippen LogP contribution in [0.5, 0.6) is 23.0 Å². The number of piperazine rings is 1. The average Bonchev–Trinajstić information content (AvgIpc) is 3.74. The monoisotopic (exact) mass is 652 g/mol. The Balaban J connectivity index is 1.14. The van der Waals surface area contributed by atoms with Gasteiger partial charge in [0.15, 0.2) is 11.5 Å². The number of fused-ring (bicyclic) bond motifs is 1. The van der Waals surface area contributed by atoms with Gasteiger partial charge >= 0.3 is 6.18 Å². The molecular weight excluding hydrogens is 617 g/mol. The van der Waals surface area contributed by atoms with Gasteiger partial charge in [-0.15, -0.1) is 11.3 Å². The highest BCUT2D eigenvalue weighted by atomic mass is 32.1. The van der Waals surface area contributed by atoms with Gasteiger partial charge in [0, 0.05) is 62.0 Å². The molecule has 8 nitrogen and oxygen atoms in total. The van der Waals surface area contributed by atoms with E-state index in [2.05, 4.69) is 16.4 Å². The third kappa shape index (κ3) is 7.18. The number of nitrogens with zero attached hydrogens (tertiary/aromatic N) is 4. The van der Waals surface area contributed by atoms with Gasteiger partial charge in [0.05, 0.1) is 37.7 Å². The van der Waals surface area contributed by atoms with Gasteiger partial charge in [-0.05, 0) is 42.0 Å². The molecule has 0 atom stereocenters. The van der Waals surface area contributed by atoms with Crippen molar-refractivity contribution >= 4 is 22.7 Å². The van der Waals surface area contributed by atoms with Crippen LogP contribution in [0.3, 0.4) is 0 Å². The Labute approximate surface area is 270 Å². The smallest absolute Gasteiger partial charge is 0.416 e. The van der Waals surface area contributed by atoms with Gasteiger partial charge in [-0.1, -0.05) is 24.8 Å². The molecule has 2 aliphatic rings. The maximum atomic E-state index is 13.2. The largest absolute Gasteiger partial charge is 0.497 e. The lowest BCUT2D eigenvalue weighted by Crippen LogP contribution is -2.45. The lowest BCUT2D eigenvalue weighted by Gasteiger charge is -2.38. The number of anilines is 1. The number of benzene rings is 3. The molecule has 0 radical (unpaired) electrons. The van der Waals surface area contributed by atoms with Crippen LogP contribution in [0.25, 0.3) is 5.70 Å². The molecule has 0 bridgehead atoms. The van der Waals surface area contributed by atoms with Gasteiger partial charge in [-0.25, -0.2) is 4.98 Å². The first-order valence-electron chi connectivity index (χ1n) is 14.8. The number of methoxy groups -OCH3 is 2. The molecule has 1 fully saturated rings. The maximum absolute atomic E-state index is 13.2. The van der Waals surface area contributed by atoms with Crippen LogP contribution >= 0.6 is 11.3 Å². The van der Waals surface area contributed by atoms with Crippen molar-refractivity contribution < 1.29 is 32.1 Å². The Morgan fingerprint density at radius 1 is 0.935 bits per heavy atom. The Morgan fingerprint density at radius 2 is 1.74 bits per heavy atom. The molecule has 46 heavy (non-hydrogen) atoms. The zero-order chi connectivity index (χ0) is 32.3. The van der Waals surface area contributed by atoms with E-state index < -0.39 is 11.7 Å². The predicted octanol–water partition coefficient (Wildman–Crippen LogP) is 6.90. The molecule has 4 aromatic rings. The molecule has 0 aliphatic carbocycles. The highest BCUT2D eigenvalue weighted by Gasteiger charge is 2.31. The number of halogens is 3. The standard InChI is InChI=1S/C34H35F3N4O4S/c1-23(40-11-13-41(14-12-40)27-6-4-5-26(16-27)34(35,36)37)29-21-46-33(38-29)20-39(18-24-7-10-30-32(15-24)45-22-44-30)19-25-8-9-28(42-2)17-31(25)43-3/h4-10,15-17,21H,1,11-14,18-20,22H2,2-3H3. The van der Waals surface area contributed by atoms with Crippen molar-refractivity contribution in [3.05, 3.63) is 100 Å². The summed E-state index contributed by atoms with van der Waals surface area (Å²) in [4.78, 5) is 11.4. The Kier molecular flexibility index (Phi) is 9.27. The van der Waals surface area contributed by atoms with Gasteiger partial charge in [0.1, 0.15) is 16.5 Å². The van der Waals surface area contributed by atoms with Crippen molar-refractivity contribution in [2.75, 3.05) is 52.1 Å². The van der Waals surface area contributed by atoms with E-state index in [-0.39, 0.29) is 6.79 Å². The molecule has 6 rings (SSSR count). The number of ether oxygens (including phenoxy) is 4. The van der Waals surface area contributed by atoms with Crippen molar-refractivity contribution in [1.29, 1.82) is 0 Å². The van der Waals surface area contributed by atoms with E-state index in [0.29, 0.717) is 51.5 Å². The lowest BCUT2D eigenvalue weighted by atomic mass is 10.1. The van der Waals surface area contributed by atoms with Crippen LogP contribution in [0.1, 0.15) is 27.4 Å². The number of alkyl halides is 3. The third-order valence-corrected chi connectivity index (χ3v) is 8.97. The molecule has 0 N–H and O–H groups in total. The summed E-state index contributed by atoms with van der Waals surface area (Å²) in [5.74, 6) is 2.94. The van der Waals surface area contributed by atoms with Gasteiger partial charge in [0.2, 0.25) is 6.79 Å². The molecule has 0 unspecified atom stereocenters. The number of rotatable bonds is 11. The zero-order valence-electron chi connectivity index (χ0n) is 25.7. The van der Waals surface area contributed by atoms with Crippen molar-refractivity contribution in [2.24, 2.45) is 0 Å². The summed E-state index contributed by atoms with van der Waals surface area (Å²) in [6, 6.07) is 17.3. The van der Waals surface area contributed by atoms with Crippen LogP contribution in [0.15, 0.2) is 72.6 Å². The Bertz CT molecular complexity index is 1690. The summed E-state index contributed by atoms with van der Waals surface area (Å²) >= 11 is 1.58. The van der Waals surface area contributed by atoms with E-state index in [9.17, 15) is 13.2 Å². The molecule has 0 saturated carbocycles.